The van der Waals surface area contributed by atoms with E-state index in [2.05, 4.69) is 26.6 Å². The maximum absolute atomic E-state index is 11.9. The summed E-state index contributed by atoms with van der Waals surface area (Å²) in [7, 11) is 0. The van der Waals surface area contributed by atoms with Crippen molar-refractivity contribution in [2.75, 3.05) is 10.6 Å². The van der Waals surface area contributed by atoms with Crippen molar-refractivity contribution in [1.29, 1.82) is 0 Å². The number of nitrogens with one attached hydrogen (secondary N) is 2. The van der Waals surface area contributed by atoms with E-state index in [4.69, 9.17) is 5.11 Å². The zero-order valence-corrected chi connectivity index (χ0v) is 12.8. The van der Waals surface area contributed by atoms with Crippen molar-refractivity contribution in [3.63, 3.8) is 0 Å². The van der Waals surface area contributed by atoms with Gasteiger partial charge in [0, 0.05) is 15.8 Å². The molecule has 0 aromatic heterocycles. The number of carboxylic acids is 1. The molecule has 5 nitrogen and oxygen atoms in total. The van der Waals surface area contributed by atoms with Crippen molar-refractivity contribution in [2.45, 2.75) is 6.92 Å². The Morgan fingerprint density at radius 1 is 1.05 bits per heavy atom. The molecule has 0 aliphatic heterocycles. The van der Waals surface area contributed by atoms with E-state index in [1.54, 1.807) is 6.07 Å². The van der Waals surface area contributed by atoms with Crippen molar-refractivity contribution in [3.8, 4) is 0 Å². The summed E-state index contributed by atoms with van der Waals surface area (Å²) in [6, 6.07) is 11.1. The number of hydrogen-bond donors (Lipinski definition) is 3. The first-order chi connectivity index (χ1) is 9.95. The van der Waals surface area contributed by atoms with Gasteiger partial charge in [0.05, 0.1) is 5.56 Å². The molecule has 2 aromatic carbocycles. The minimum absolute atomic E-state index is 0.171. The number of urea groups is 1. The van der Waals surface area contributed by atoms with Crippen LogP contribution in [0.3, 0.4) is 0 Å². The van der Waals surface area contributed by atoms with Crippen LogP contribution in [-0.4, -0.2) is 17.1 Å². The van der Waals surface area contributed by atoms with Crippen LogP contribution in [0.2, 0.25) is 0 Å². The Morgan fingerprint density at radius 2 is 1.71 bits per heavy atom. The van der Waals surface area contributed by atoms with Crippen molar-refractivity contribution in [3.05, 3.63) is 58.1 Å². The number of anilines is 2. The van der Waals surface area contributed by atoms with Gasteiger partial charge in [-0.25, -0.2) is 9.59 Å². The Hall–Kier alpha value is -2.34. The molecule has 3 N–H and O–H groups in total. The van der Waals surface area contributed by atoms with E-state index in [1.165, 1.54) is 24.3 Å². The Bertz CT molecular complexity index is 684. The monoisotopic (exact) mass is 348 g/mol. The molecule has 21 heavy (non-hydrogen) atoms. The zero-order chi connectivity index (χ0) is 15.4. The number of carbonyl (C=O) groups excluding carboxylic acids is 1. The van der Waals surface area contributed by atoms with Gasteiger partial charge < -0.3 is 15.7 Å². The molecule has 0 bridgehead atoms. The molecule has 0 aliphatic rings. The van der Waals surface area contributed by atoms with E-state index in [1.807, 2.05) is 19.1 Å². The first-order valence-corrected chi connectivity index (χ1v) is 6.92. The molecular formula is C15H13BrN2O3. The number of rotatable bonds is 3. The molecule has 0 aliphatic carbocycles. The fraction of sp³-hybridized carbons (Fsp3) is 0.0667. The summed E-state index contributed by atoms with van der Waals surface area (Å²) in [6.07, 6.45) is 0. The van der Waals surface area contributed by atoms with Crippen LogP contribution < -0.4 is 10.6 Å². The van der Waals surface area contributed by atoms with Gasteiger partial charge in [0.15, 0.2) is 0 Å². The highest BCUT2D eigenvalue weighted by atomic mass is 79.9. The summed E-state index contributed by atoms with van der Waals surface area (Å²) in [5, 5.41) is 14.2. The summed E-state index contributed by atoms with van der Waals surface area (Å²) in [4.78, 5) is 22.6. The van der Waals surface area contributed by atoms with Gasteiger partial charge in [-0.1, -0.05) is 15.9 Å². The Morgan fingerprint density at radius 3 is 2.29 bits per heavy atom. The molecule has 0 saturated carbocycles. The normalized spacial score (nSPS) is 10.0. The van der Waals surface area contributed by atoms with Crippen molar-refractivity contribution in [2.24, 2.45) is 0 Å². The third-order valence-electron chi connectivity index (χ3n) is 2.83. The molecule has 0 spiro atoms. The SMILES string of the molecule is Cc1cc(Br)ccc1NC(=O)Nc1ccc(C(=O)O)cc1. The lowest BCUT2D eigenvalue weighted by Crippen LogP contribution is -2.20. The van der Waals surface area contributed by atoms with Gasteiger partial charge >= 0.3 is 12.0 Å². The van der Waals surface area contributed by atoms with Crippen molar-refractivity contribution >= 4 is 39.3 Å². The van der Waals surface area contributed by atoms with Crippen LogP contribution in [0.15, 0.2) is 46.9 Å². The minimum atomic E-state index is -1.00. The van der Waals surface area contributed by atoms with E-state index in [-0.39, 0.29) is 11.6 Å². The molecule has 0 radical (unpaired) electrons. The molecular weight excluding hydrogens is 336 g/mol. The molecule has 0 fully saturated rings. The predicted octanol–water partition coefficient (Wildman–Crippen LogP) is 4.10. The Kier molecular flexibility index (Phi) is 4.59. The summed E-state index contributed by atoms with van der Waals surface area (Å²) in [5.41, 5.74) is 2.33. The quantitative estimate of drug-likeness (QED) is 0.781. The highest BCUT2D eigenvalue weighted by molar-refractivity contribution is 9.10. The van der Waals surface area contributed by atoms with E-state index >= 15 is 0 Å². The number of carbonyl (C=O) groups is 2. The van der Waals surface area contributed by atoms with Crippen LogP contribution >= 0.6 is 15.9 Å². The molecule has 2 aromatic rings. The maximum atomic E-state index is 11.9. The fourth-order valence-electron chi connectivity index (χ4n) is 1.75. The molecule has 2 amide bonds. The molecule has 0 saturated heterocycles. The molecule has 0 atom stereocenters. The number of aromatic carboxylic acids is 1. The van der Waals surface area contributed by atoms with Crippen molar-refractivity contribution < 1.29 is 14.7 Å². The summed E-state index contributed by atoms with van der Waals surface area (Å²) in [6.45, 7) is 1.89. The van der Waals surface area contributed by atoms with E-state index < -0.39 is 5.97 Å². The molecule has 6 heteroatoms. The smallest absolute Gasteiger partial charge is 0.335 e. The average molecular weight is 349 g/mol. The Balaban J connectivity index is 2.02. The number of halogens is 1. The second-order valence-electron chi connectivity index (χ2n) is 4.42. The van der Waals surface area contributed by atoms with Crippen LogP contribution in [0.25, 0.3) is 0 Å². The van der Waals surface area contributed by atoms with Gasteiger partial charge in [-0.15, -0.1) is 0 Å². The summed E-state index contributed by atoms with van der Waals surface area (Å²) in [5.74, 6) is -1.00. The number of carboxylic acid groups (broad SMARTS) is 1. The molecule has 108 valence electrons. The van der Waals surface area contributed by atoms with Crippen LogP contribution in [0.5, 0.6) is 0 Å². The van der Waals surface area contributed by atoms with E-state index in [0.29, 0.717) is 11.4 Å². The number of amides is 2. The van der Waals surface area contributed by atoms with Crippen LogP contribution in [-0.2, 0) is 0 Å². The fourth-order valence-corrected chi connectivity index (χ4v) is 2.22. The predicted molar refractivity (Wildman–Crippen MR) is 84.9 cm³/mol. The van der Waals surface area contributed by atoms with Crippen LogP contribution in [0, 0.1) is 6.92 Å². The molecule has 2 rings (SSSR count). The number of hydrogen-bond acceptors (Lipinski definition) is 2. The largest absolute Gasteiger partial charge is 0.478 e. The first-order valence-electron chi connectivity index (χ1n) is 6.13. The molecule has 0 heterocycles. The van der Waals surface area contributed by atoms with Gasteiger partial charge in [-0.2, -0.15) is 0 Å². The van der Waals surface area contributed by atoms with E-state index in [9.17, 15) is 9.59 Å². The van der Waals surface area contributed by atoms with Gasteiger partial charge in [-0.3, -0.25) is 0 Å². The highest BCUT2D eigenvalue weighted by Gasteiger charge is 2.06. The van der Waals surface area contributed by atoms with Gasteiger partial charge in [-0.05, 0) is 55.0 Å². The molecule has 0 unspecified atom stereocenters. The Labute approximate surface area is 130 Å². The second kappa shape index (κ2) is 6.41. The lowest BCUT2D eigenvalue weighted by Gasteiger charge is -2.10. The second-order valence-corrected chi connectivity index (χ2v) is 5.34. The lowest BCUT2D eigenvalue weighted by molar-refractivity contribution is 0.0697. The lowest BCUT2D eigenvalue weighted by atomic mass is 10.2. The maximum Gasteiger partial charge on any atom is 0.335 e. The summed E-state index contributed by atoms with van der Waals surface area (Å²) >= 11 is 3.36. The average Bonchev–Trinajstić information content (AvgIpc) is 2.42. The van der Waals surface area contributed by atoms with Gasteiger partial charge in [0.2, 0.25) is 0 Å². The highest BCUT2D eigenvalue weighted by Crippen LogP contribution is 2.20. The minimum Gasteiger partial charge on any atom is -0.478 e. The number of benzene rings is 2. The topological polar surface area (TPSA) is 78.4 Å². The third-order valence-corrected chi connectivity index (χ3v) is 3.32. The van der Waals surface area contributed by atoms with Gasteiger partial charge in [0.1, 0.15) is 0 Å². The standard InChI is InChI=1S/C15H13BrN2O3/c1-9-8-11(16)4-7-13(9)18-15(21)17-12-5-2-10(3-6-12)14(19)20/h2-8H,1H3,(H,19,20)(H2,17,18,21). The van der Waals surface area contributed by atoms with E-state index in [0.717, 1.165) is 10.0 Å². The van der Waals surface area contributed by atoms with Crippen LogP contribution in [0.1, 0.15) is 15.9 Å². The van der Waals surface area contributed by atoms with Crippen LogP contribution in [0.4, 0.5) is 16.2 Å². The zero-order valence-electron chi connectivity index (χ0n) is 11.2. The number of aryl methyl sites for hydroxylation is 1. The third kappa shape index (κ3) is 4.06. The van der Waals surface area contributed by atoms with Gasteiger partial charge in [0.25, 0.3) is 0 Å². The van der Waals surface area contributed by atoms with Crippen molar-refractivity contribution in [1.82, 2.24) is 0 Å². The summed E-state index contributed by atoms with van der Waals surface area (Å²) < 4.78 is 0.940. The first kappa shape index (κ1) is 15.1.